The number of aromatic hydroxyl groups is 1. The van der Waals surface area contributed by atoms with Crippen molar-refractivity contribution in [2.45, 2.75) is 64.8 Å². The van der Waals surface area contributed by atoms with Crippen LogP contribution in [0.25, 0.3) is 0 Å². The molecule has 0 heterocycles. The first-order valence-electron chi connectivity index (χ1n) is 17.1. The van der Waals surface area contributed by atoms with Crippen LogP contribution in [0.3, 0.4) is 0 Å². The lowest BCUT2D eigenvalue weighted by atomic mass is 10.0. The Morgan fingerprint density at radius 2 is 1.28 bits per heavy atom. The number of esters is 1. The molecule has 53 heavy (non-hydrogen) atoms. The van der Waals surface area contributed by atoms with Gasteiger partial charge in [0, 0.05) is 12.8 Å². The van der Waals surface area contributed by atoms with Gasteiger partial charge in [0.05, 0.1) is 23.3 Å². The highest BCUT2D eigenvalue weighted by Gasteiger charge is 2.29. The van der Waals surface area contributed by atoms with Crippen LogP contribution in [0.5, 0.6) is 5.75 Å². The minimum Gasteiger partial charge on any atom is -0.507 e. The molecule has 14 nitrogen and oxygen atoms in total. The maximum atomic E-state index is 13.4. The molecular formula is C38H46IN5O9. The van der Waals surface area contributed by atoms with Crippen LogP contribution < -0.4 is 26.6 Å². The SMILES string of the molecule is CCOC(=O)[C@H](CC(C)C)NC(=O)[C@H](Cc1ccccc1)NC(=O)CNC(=O)CNC(=O)[C@H](Cc1ccc(O)c(I)c1)NC(=O)OCc1ccccc1. The van der Waals surface area contributed by atoms with Crippen LogP contribution in [0.15, 0.2) is 78.9 Å². The molecule has 0 spiro atoms. The van der Waals surface area contributed by atoms with Crippen molar-refractivity contribution in [2.75, 3.05) is 19.7 Å². The van der Waals surface area contributed by atoms with E-state index in [1.54, 1.807) is 67.6 Å². The number of phenols is 1. The van der Waals surface area contributed by atoms with Crippen molar-refractivity contribution in [3.05, 3.63) is 99.1 Å². The molecule has 0 aliphatic rings. The predicted molar refractivity (Wildman–Crippen MR) is 204 cm³/mol. The van der Waals surface area contributed by atoms with Gasteiger partial charge in [0.15, 0.2) is 0 Å². The predicted octanol–water partition coefficient (Wildman–Crippen LogP) is 2.89. The van der Waals surface area contributed by atoms with Gasteiger partial charge in [-0.3, -0.25) is 19.2 Å². The van der Waals surface area contributed by atoms with Crippen LogP contribution in [0.1, 0.15) is 43.9 Å². The molecule has 0 aliphatic carbocycles. The third-order valence-electron chi connectivity index (χ3n) is 7.67. The zero-order valence-corrected chi connectivity index (χ0v) is 32.0. The van der Waals surface area contributed by atoms with E-state index < -0.39 is 66.9 Å². The zero-order valence-electron chi connectivity index (χ0n) is 29.9. The Balaban J connectivity index is 1.60. The maximum Gasteiger partial charge on any atom is 0.408 e. The number of nitrogens with one attached hydrogen (secondary N) is 5. The van der Waals surface area contributed by atoms with Crippen molar-refractivity contribution in [1.82, 2.24) is 26.6 Å². The first-order chi connectivity index (χ1) is 25.3. The van der Waals surface area contributed by atoms with Crippen LogP contribution >= 0.6 is 22.6 Å². The van der Waals surface area contributed by atoms with Crippen molar-refractivity contribution < 1.29 is 43.3 Å². The normalized spacial score (nSPS) is 12.4. The summed E-state index contributed by atoms with van der Waals surface area (Å²) in [6, 6.07) is 19.5. The number of carbonyl (C=O) groups is 6. The van der Waals surface area contributed by atoms with Crippen LogP contribution in [0.4, 0.5) is 4.79 Å². The Morgan fingerprint density at radius 1 is 0.679 bits per heavy atom. The topological polar surface area (TPSA) is 201 Å². The quantitative estimate of drug-likeness (QED) is 0.0776. The molecule has 284 valence electrons. The molecule has 3 atom stereocenters. The highest BCUT2D eigenvalue weighted by Crippen LogP contribution is 2.21. The number of ether oxygens (including phenoxy) is 2. The number of halogens is 1. The van der Waals surface area contributed by atoms with E-state index >= 15 is 0 Å². The van der Waals surface area contributed by atoms with E-state index in [1.807, 2.05) is 48.6 Å². The molecule has 0 radical (unpaired) electrons. The minimum absolute atomic E-state index is 0.0195. The van der Waals surface area contributed by atoms with Crippen molar-refractivity contribution in [1.29, 1.82) is 0 Å². The number of benzene rings is 3. The third kappa shape index (κ3) is 15.5. The van der Waals surface area contributed by atoms with E-state index in [4.69, 9.17) is 9.47 Å². The molecular weight excluding hydrogens is 797 g/mol. The summed E-state index contributed by atoms with van der Waals surface area (Å²) in [7, 11) is 0. The van der Waals surface area contributed by atoms with Gasteiger partial charge >= 0.3 is 12.1 Å². The molecule has 0 saturated carbocycles. The molecule has 0 fully saturated rings. The zero-order chi connectivity index (χ0) is 38.8. The van der Waals surface area contributed by atoms with Gasteiger partial charge < -0.3 is 41.2 Å². The first-order valence-corrected chi connectivity index (χ1v) is 18.2. The van der Waals surface area contributed by atoms with Crippen LogP contribution in [-0.2, 0) is 52.9 Å². The lowest BCUT2D eigenvalue weighted by Crippen LogP contribution is -2.54. The van der Waals surface area contributed by atoms with Gasteiger partial charge in [-0.25, -0.2) is 9.59 Å². The van der Waals surface area contributed by atoms with E-state index in [0.717, 1.165) is 11.1 Å². The summed E-state index contributed by atoms with van der Waals surface area (Å²) >= 11 is 1.94. The molecule has 3 aromatic carbocycles. The smallest absolute Gasteiger partial charge is 0.408 e. The average Bonchev–Trinajstić information content (AvgIpc) is 3.13. The van der Waals surface area contributed by atoms with Crippen molar-refractivity contribution in [2.24, 2.45) is 5.92 Å². The Hall–Kier alpha value is -5.19. The Bertz CT molecular complexity index is 1690. The molecule has 3 rings (SSSR count). The number of rotatable bonds is 19. The lowest BCUT2D eigenvalue weighted by Gasteiger charge is -2.24. The number of carbonyl (C=O) groups excluding carboxylic acids is 6. The van der Waals surface area contributed by atoms with Gasteiger partial charge in [0.2, 0.25) is 23.6 Å². The maximum absolute atomic E-state index is 13.4. The van der Waals surface area contributed by atoms with Gasteiger partial charge in [0.25, 0.3) is 0 Å². The van der Waals surface area contributed by atoms with E-state index in [2.05, 4.69) is 26.6 Å². The number of phenolic OH excluding ortho intramolecular Hbond substituents is 1. The average molecular weight is 844 g/mol. The van der Waals surface area contributed by atoms with Gasteiger partial charge in [-0.05, 0) is 70.7 Å². The van der Waals surface area contributed by atoms with E-state index in [9.17, 15) is 33.9 Å². The monoisotopic (exact) mass is 843 g/mol. The minimum atomic E-state index is -1.15. The summed E-state index contributed by atoms with van der Waals surface area (Å²) < 4.78 is 11.0. The van der Waals surface area contributed by atoms with Crippen LogP contribution in [0.2, 0.25) is 0 Å². The Morgan fingerprint density at radius 3 is 1.91 bits per heavy atom. The fourth-order valence-electron chi connectivity index (χ4n) is 5.07. The van der Waals surface area contributed by atoms with Gasteiger partial charge in [-0.1, -0.05) is 80.6 Å². The van der Waals surface area contributed by atoms with E-state index in [1.165, 1.54) is 6.07 Å². The summed E-state index contributed by atoms with van der Waals surface area (Å²) in [5.74, 6) is -3.12. The Labute approximate surface area is 322 Å². The molecule has 0 bridgehead atoms. The lowest BCUT2D eigenvalue weighted by molar-refractivity contribution is -0.148. The molecule has 0 aliphatic heterocycles. The first kappa shape index (κ1) is 42.2. The number of alkyl carbamates (subject to hydrolysis) is 1. The standard InChI is InChI=1S/C38H46IN5O9/c1-4-52-37(50)31(17-24(2)3)43-36(49)30(19-25-11-7-5-8-12-25)42-34(47)22-40-33(46)21-41-35(48)29(20-27-15-16-32(45)28(39)18-27)44-38(51)53-23-26-13-9-6-10-14-26/h5-16,18,24,29-31,45H,4,17,19-23H2,1-3H3,(H,40,46)(H,41,48)(H,42,47)(H,43,49)(H,44,51)/t29-,30-,31-/m0/s1. The molecule has 15 heteroatoms. The molecule has 5 amide bonds. The molecule has 0 aromatic heterocycles. The van der Waals surface area contributed by atoms with E-state index in [0.29, 0.717) is 15.6 Å². The second kappa shape index (κ2) is 22.0. The highest BCUT2D eigenvalue weighted by molar-refractivity contribution is 14.1. The second-order valence-electron chi connectivity index (χ2n) is 12.5. The molecule has 0 unspecified atom stereocenters. The van der Waals surface area contributed by atoms with Gasteiger partial charge in [0.1, 0.15) is 30.5 Å². The van der Waals surface area contributed by atoms with Crippen molar-refractivity contribution in [3.8, 4) is 5.75 Å². The Kier molecular flexibility index (Phi) is 17.5. The summed E-state index contributed by atoms with van der Waals surface area (Å²) in [5.41, 5.74) is 2.13. The fraction of sp³-hybridized carbons (Fsp3) is 0.368. The summed E-state index contributed by atoms with van der Waals surface area (Å²) in [6.45, 7) is 4.55. The number of hydrogen-bond acceptors (Lipinski definition) is 9. The van der Waals surface area contributed by atoms with Gasteiger partial charge in [-0.15, -0.1) is 0 Å². The van der Waals surface area contributed by atoms with E-state index in [-0.39, 0.29) is 37.7 Å². The molecule has 3 aromatic rings. The summed E-state index contributed by atoms with van der Waals surface area (Å²) in [5, 5.41) is 22.7. The fourth-order valence-corrected chi connectivity index (χ4v) is 5.65. The number of amides is 5. The molecule has 6 N–H and O–H groups in total. The third-order valence-corrected chi connectivity index (χ3v) is 8.54. The largest absolute Gasteiger partial charge is 0.507 e. The summed E-state index contributed by atoms with van der Waals surface area (Å²) in [6.07, 6.45) is -0.388. The summed E-state index contributed by atoms with van der Waals surface area (Å²) in [4.78, 5) is 77.5. The van der Waals surface area contributed by atoms with Crippen molar-refractivity contribution >= 4 is 58.3 Å². The van der Waals surface area contributed by atoms with Crippen LogP contribution in [-0.4, -0.2) is 78.6 Å². The van der Waals surface area contributed by atoms with Crippen LogP contribution in [0, 0.1) is 9.49 Å². The van der Waals surface area contributed by atoms with Gasteiger partial charge in [-0.2, -0.15) is 0 Å². The highest BCUT2D eigenvalue weighted by atomic mass is 127. The molecule has 0 saturated heterocycles. The second-order valence-corrected chi connectivity index (χ2v) is 13.7. The van der Waals surface area contributed by atoms with Crippen molar-refractivity contribution in [3.63, 3.8) is 0 Å². The number of hydrogen-bond donors (Lipinski definition) is 6.